The molecule has 0 saturated carbocycles. The van der Waals surface area contributed by atoms with Crippen molar-refractivity contribution in [3.63, 3.8) is 0 Å². The van der Waals surface area contributed by atoms with Gasteiger partial charge in [-0.2, -0.15) is 39.5 Å². The van der Waals surface area contributed by atoms with Crippen molar-refractivity contribution in [2.75, 3.05) is 13.2 Å². The molecule has 0 aromatic heterocycles. The SMILES string of the molecule is O=C(CC(=O)C(F)(F)F)c1ccc(CCOCC(F)(F)F)c(C(F)(F)F)c1. The second-order valence-corrected chi connectivity index (χ2v) is 5.31. The molecule has 0 fully saturated rings. The Labute approximate surface area is 146 Å². The van der Waals surface area contributed by atoms with Crippen LogP contribution in [0, 0.1) is 0 Å². The lowest BCUT2D eigenvalue weighted by atomic mass is 9.97. The Kier molecular flexibility index (Phi) is 7.03. The van der Waals surface area contributed by atoms with E-state index in [2.05, 4.69) is 4.74 Å². The molecule has 0 spiro atoms. The molecule has 0 aliphatic heterocycles. The Balaban J connectivity index is 2.96. The van der Waals surface area contributed by atoms with Crippen molar-refractivity contribution in [1.29, 1.82) is 0 Å². The number of halogens is 9. The van der Waals surface area contributed by atoms with E-state index >= 15 is 0 Å². The lowest BCUT2D eigenvalue weighted by Crippen LogP contribution is -2.25. The standard InChI is InChI=1S/C15H11F9O3/c16-13(17,18)7-27-4-3-8-1-2-9(5-10(8)14(19,20)21)11(25)6-12(26)15(22,23)24/h1-2,5H,3-4,6-7H2. The molecular weight excluding hydrogens is 399 g/mol. The van der Waals surface area contributed by atoms with Gasteiger partial charge in [0.15, 0.2) is 5.78 Å². The van der Waals surface area contributed by atoms with Gasteiger partial charge in [-0.15, -0.1) is 0 Å². The average molecular weight is 410 g/mol. The van der Waals surface area contributed by atoms with E-state index in [1.807, 2.05) is 0 Å². The quantitative estimate of drug-likeness (QED) is 0.287. The maximum absolute atomic E-state index is 13.1. The van der Waals surface area contributed by atoms with Crippen LogP contribution >= 0.6 is 0 Å². The molecule has 0 bridgehead atoms. The van der Waals surface area contributed by atoms with Gasteiger partial charge in [-0.1, -0.05) is 12.1 Å². The van der Waals surface area contributed by atoms with Crippen LogP contribution in [-0.2, 0) is 22.1 Å². The van der Waals surface area contributed by atoms with Crippen molar-refractivity contribution in [1.82, 2.24) is 0 Å². The van der Waals surface area contributed by atoms with Gasteiger partial charge in [0.25, 0.3) is 0 Å². The van der Waals surface area contributed by atoms with E-state index in [-0.39, 0.29) is 6.07 Å². The van der Waals surface area contributed by atoms with Gasteiger partial charge in [0, 0.05) is 5.56 Å². The Morgan fingerprint density at radius 1 is 0.926 bits per heavy atom. The van der Waals surface area contributed by atoms with E-state index in [0.29, 0.717) is 0 Å². The lowest BCUT2D eigenvalue weighted by Gasteiger charge is -2.15. The Bertz CT molecular complexity index is 687. The highest BCUT2D eigenvalue weighted by molar-refractivity contribution is 6.09. The highest BCUT2D eigenvalue weighted by Gasteiger charge is 2.40. The molecule has 1 aromatic carbocycles. The number of rotatable bonds is 7. The summed E-state index contributed by atoms with van der Waals surface area (Å²) in [6.07, 6.45) is -17.2. The molecule has 1 rings (SSSR count). The fraction of sp³-hybridized carbons (Fsp3) is 0.467. The smallest absolute Gasteiger partial charge is 0.372 e. The highest BCUT2D eigenvalue weighted by Crippen LogP contribution is 2.33. The first-order valence-electron chi connectivity index (χ1n) is 7.09. The first kappa shape index (κ1) is 22.9. The maximum Gasteiger partial charge on any atom is 0.450 e. The van der Waals surface area contributed by atoms with E-state index in [1.54, 1.807) is 0 Å². The number of carbonyl (C=O) groups is 2. The third-order valence-corrected chi connectivity index (χ3v) is 3.16. The summed E-state index contributed by atoms with van der Waals surface area (Å²) in [6.45, 7) is -2.37. The third kappa shape index (κ3) is 7.57. The minimum Gasteiger partial charge on any atom is -0.372 e. The van der Waals surface area contributed by atoms with Crippen LogP contribution in [0.3, 0.4) is 0 Å². The van der Waals surface area contributed by atoms with Crippen LogP contribution in [0.15, 0.2) is 18.2 Å². The van der Waals surface area contributed by atoms with Gasteiger partial charge in [-0.3, -0.25) is 9.59 Å². The lowest BCUT2D eigenvalue weighted by molar-refractivity contribution is -0.173. The molecule has 0 unspecified atom stereocenters. The molecule has 0 radical (unpaired) electrons. The van der Waals surface area contributed by atoms with Crippen LogP contribution in [0.2, 0.25) is 0 Å². The second kappa shape index (κ2) is 8.28. The Morgan fingerprint density at radius 3 is 2.00 bits per heavy atom. The summed E-state index contributed by atoms with van der Waals surface area (Å²) in [7, 11) is 0. The van der Waals surface area contributed by atoms with Crippen LogP contribution in [0.25, 0.3) is 0 Å². The summed E-state index contributed by atoms with van der Waals surface area (Å²) in [5, 5.41) is 0. The monoisotopic (exact) mass is 410 g/mol. The maximum atomic E-state index is 13.1. The predicted molar refractivity (Wildman–Crippen MR) is 72.0 cm³/mol. The van der Waals surface area contributed by atoms with E-state index < -0.39 is 72.8 Å². The molecule has 1 aromatic rings. The summed E-state index contributed by atoms with van der Waals surface area (Å²) in [5.74, 6) is -3.88. The van der Waals surface area contributed by atoms with Crippen molar-refractivity contribution in [2.45, 2.75) is 31.4 Å². The van der Waals surface area contributed by atoms with Gasteiger partial charge in [-0.05, 0) is 18.1 Å². The molecule has 0 aliphatic carbocycles. The number of benzene rings is 1. The second-order valence-electron chi connectivity index (χ2n) is 5.31. The number of Topliss-reactive ketones (excluding diaryl/α,β-unsaturated/α-hetero) is 2. The third-order valence-electron chi connectivity index (χ3n) is 3.16. The number of alkyl halides is 9. The molecule has 27 heavy (non-hydrogen) atoms. The first-order valence-corrected chi connectivity index (χ1v) is 7.09. The summed E-state index contributed by atoms with van der Waals surface area (Å²) in [4.78, 5) is 22.4. The summed E-state index contributed by atoms with van der Waals surface area (Å²) >= 11 is 0. The molecule has 0 saturated heterocycles. The van der Waals surface area contributed by atoms with E-state index in [9.17, 15) is 49.1 Å². The largest absolute Gasteiger partial charge is 0.450 e. The topological polar surface area (TPSA) is 43.4 Å². The molecule has 0 atom stereocenters. The van der Waals surface area contributed by atoms with Gasteiger partial charge in [0.1, 0.15) is 6.61 Å². The van der Waals surface area contributed by atoms with Crippen LogP contribution < -0.4 is 0 Å². The fourth-order valence-corrected chi connectivity index (χ4v) is 1.95. The molecular formula is C15H11F9O3. The molecule has 0 N–H and O–H groups in total. The molecule has 0 aliphatic rings. The summed E-state index contributed by atoms with van der Waals surface area (Å²) in [5.41, 5.74) is -2.70. The number of ether oxygens (including phenoxy) is 1. The number of ketones is 2. The zero-order valence-electron chi connectivity index (χ0n) is 13.2. The number of hydrogen-bond donors (Lipinski definition) is 0. The van der Waals surface area contributed by atoms with Crippen molar-refractivity contribution in [3.05, 3.63) is 34.9 Å². The van der Waals surface area contributed by atoms with Crippen molar-refractivity contribution >= 4 is 11.6 Å². The Morgan fingerprint density at radius 2 is 1.52 bits per heavy atom. The van der Waals surface area contributed by atoms with E-state index in [4.69, 9.17) is 0 Å². The predicted octanol–water partition coefficient (Wildman–Crippen LogP) is 4.53. The Hall–Kier alpha value is -2.11. The molecule has 0 heterocycles. The molecule has 12 heteroatoms. The van der Waals surface area contributed by atoms with Gasteiger partial charge >= 0.3 is 18.5 Å². The first-order chi connectivity index (χ1) is 12.1. The van der Waals surface area contributed by atoms with Crippen molar-refractivity contribution in [2.24, 2.45) is 0 Å². The molecule has 0 amide bonds. The van der Waals surface area contributed by atoms with Crippen LogP contribution in [-0.4, -0.2) is 37.1 Å². The summed E-state index contributed by atoms with van der Waals surface area (Å²) in [6, 6.07) is 1.76. The summed E-state index contributed by atoms with van der Waals surface area (Å²) < 4.78 is 116. The number of hydrogen-bond acceptors (Lipinski definition) is 3. The van der Waals surface area contributed by atoms with Gasteiger partial charge in [-0.25, -0.2) is 0 Å². The van der Waals surface area contributed by atoms with Crippen LogP contribution in [0.1, 0.15) is 27.9 Å². The zero-order valence-corrected chi connectivity index (χ0v) is 13.2. The van der Waals surface area contributed by atoms with Crippen molar-refractivity contribution in [3.8, 4) is 0 Å². The minimum absolute atomic E-state index is 0.255. The molecule has 3 nitrogen and oxygen atoms in total. The highest BCUT2D eigenvalue weighted by atomic mass is 19.4. The van der Waals surface area contributed by atoms with Crippen molar-refractivity contribution < 1.29 is 53.8 Å². The van der Waals surface area contributed by atoms with Crippen LogP contribution in [0.4, 0.5) is 39.5 Å². The zero-order chi connectivity index (χ0) is 21.0. The van der Waals surface area contributed by atoms with Gasteiger partial charge in [0.2, 0.25) is 5.78 Å². The van der Waals surface area contributed by atoms with Gasteiger partial charge in [0.05, 0.1) is 18.6 Å². The van der Waals surface area contributed by atoms with E-state index in [0.717, 1.165) is 12.1 Å². The van der Waals surface area contributed by atoms with E-state index in [1.165, 1.54) is 0 Å². The number of carbonyl (C=O) groups excluding carboxylic acids is 2. The normalized spacial score (nSPS) is 12.9. The molecule has 152 valence electrons. The average Bonchev–Trinajstić information content (AvgIpc) is 2.48. The van der Waals surface area contributed by atoms with Crippen LogP contribution in [0.5, 0.6) is 0 Å². The fourth-order valence-electron chi connectivity index (χ4n) is 1.95. The van der Waals surface area contributed by atoms with Gasteiger partial charge < -0.3 is 4.74 Å². The minimum atomic E-state index is -5.31.